The maximum atomic E-state index is 12.7. The molecule has 0 radical (unpaired) electrons. The second kappa shape index (κ2) is 8.31. The van der Waals surface area contributed by atoms with Gasteiger partial charge in [-0.05, 0) is 39.2 Å². The summed E-state index contributed by atoms with van der Waals surface area (Å²) in [5.74, 6) is -1.94. The van der Waals surface area contributed by atoms with Crippen LogP contribution in [0.15, 0.2) is 47.2 Å². The van der Waals surface area contributed by atoms with E-state index in [2.05, 4.69) is 26.2 Å². The zero-order valence-electron chi connectivity index (χ0n) is 13.3. The lowest BCUT2D eigenvalue weighted by molar-refractivity contribution is -0.141. The highest BCUT2D eigenvalue weighted by Crippen LogP contribution is 2.29. The van der Waals surface area contributed by atoms with E-state index < -0.39 is 29.7 Å². The molecular formula is C17H14BrF3N2O3. The van der Waals surface area contributed by atoms with Crippen molar-refractivity contribution in [1.29, 1.82) is 0 Å². The van der Waals surface area contributed by atoms with Gasteiger partial charge < -0.3 is 10.4 Å². The molecule has 2 rings (SSSR count). The maximum absolute atomic E-state index is 12.7. The van der Waals surface area contributed by atoms with Gasteiger partial charge in [0.15, 0.2) is 0 Å². The van der Waals surface area contributed by atoms with E-state index in [4.69, 9.17) is 0 Å². The Labute approximate surface area is 155 Å². The summed E-state index contributed by atoms with van der Waals surface area (Å²) in [7, 11) is 0. The van der Waals surface area contributed by atoms with E-state index in [0.29, 0.717) is 10.2 Å². The van der Waals surface area contributed by atoms with Gasteiger partial charge in [-0.15, -0.1) is 0 Å². The van der Waals surface area contributed by atoms with E-state index in [1.807, 2.05) is 0 Å². The molecule has 5 nitrogen and oxygen atoms in total. The number of carboxylic acid groups (broad SMARTS) is 1. The molecule has 2 aromatic rings. The number of halogens is 4. The first-order valence-corrected chi connectivity index (χ1v) is 8.24. The Bertz CT molecular complexity index is 812. The lowest BCUT2D eigenvalue weighted by Crippen LogP contribution is -2.43. The fourth-order valence-electron chi connectivity index (χ4n) is 2.28. The molecule has 1 atom stereocenters. The van der Waals surface area contributed by atoms with Crippen molar-refractivity contribution < 1.29 is 27.9 Å². The molecule has 9 heteroatoms. The van der Waals surface area contributed by atoms with Crippen molar-refractivity contribution in [3.63, 3.8) is 0 Å². The lowest BCUT2D eigenvalue weighted by Gasteiger charge is -2.15. The van der Waals surface area contributed by atoms with Crippen LogP contribution in [0, 0.1) is 0 Å². The van der Waals surface area contributed by atoms with Gasteiger partial charge in [0.05, 0.1) is 12.0 Å². The maximum Gasteiger partial charge on any atom is 0.416 e. The summed E-state index contributed by atoms with van der Waals surface area (Å²) in [5, 5.41) is 11.6. The van der Waals surface area contributed by atoms with Crippen LogP contribution in [-0.4, -0.2) is 28.0 Å². The van der Waals surface area contributed by atoms with Crippen LogP contribution in [0.1, 0.15) is 16.7 Å². The Morgan fingerprint density at radius 3 is 2.58 bits per heavy atom. The number of rotatable bonds is 6. The fourth-order valence-corrected chi connectivity index (χ4v) is 2.69. The third kappa shape index (κ3) is 5.55. The van der Waals surface area contributed by atoms with Gasteiger partial charge in [-0.1, -0.05) is 24.3 Å². The van der Waals surface area contributed by atoms with Crippen LogP contribution >= 0.6 is 15.9 Å². The van der Waals surface area contributed by atoms with E-state index in [9.17, 15) is 27.9 Å². The van der Waals surface area contributed by atoms with Gasteiger partial charge in [-0.25, -0.2) is 9.78 Å². The third-order valence-corrected chi connectivity index (χ3v) is 4.23. The Kier molecular flexibility index (Phi) is 6.36. The quantitative estimate of drug-likeness (QED) is 0.689. The highest BCUT2D eigenvalue weighted by molar-refractivity contribution is 9.10. The first kappa shape index (κ1) is 19.9. The molecule has 26 heavy (non-hydrogen) atoms. The molecule has 1 aromatic heterocycles. The second-order valence-corrected chi connectivity index (χ2v) is 6.24. The molecule has 0 unspecified atom stereocenters. The smallest absolute Gasteiger partial charge is 0.416 e. The van der Waals surface area contributed by atoms with Crippen LogP contribution in [0.4, 0.5) is 13.2 Å². The number of carboxylic acids is 1. The van der Waals surface area contributed by atoms with Gasteiger partial charge in [0.2, 0.25) is 5.91 Å². The van der Waals surface area contributed by atoms with E-state index in [0.717, 1.165) is 12.1 Å². The number of alkyl halides is 3. The fraction of sp³-hybridized carbons (Fsp3) is 0.235. The van der Waals surface area contributed by atoms with E-state index in [-0.39, 0.29) is 18.4 Å². The molecule has 1 heterocycles. The van der Waals surface area contributed by atoms with Gasteiger partial charge in [0.1, 0.15) is 10.6 Å². The molecule has 2 N–H and O–H groups in total. The SMILES string of the molecule is O=C(Cc1cccc(C(F)(F)F)c1)N[C@@H](Cc1cccnc1Br)C(=O)O. The standard InChI is InChI=1S/C17H14BrF3N2O3/c18-15-11(4-2-6-22-15)9-13(16(25)26)23-14(24)8-10-3-1-5-12(7-10)17(19,20)21/h1-7,13H,8-9H2,(H,23,24)(H,25,26)/t13-/m0/s1. The molecule has 0 bridgehead atoms. The summed E-state index contributed by atoms with van der Waals surface area (Å²) in [6.45, 7) is 0. The number of aromatic nitrogens is 1. The average Bonchev–Trinajstić information content (AvgIpc) is 2.55. The summed E-state index contributed by atoms with van der Waals surface area (Å²) < 4.78 is 38.6. The topological polar surface area (TPSA) is 79.3 Å². The monoisotopic (exact) mass is 430 g/mol. The Balaban J connectivity index is 2.07. The van der Waals surface area contributed by atoms with E-state index in [1.54, 1.807) is 12.1 Å². The van der Waals surface area contributed by atoms with Crippen LogP contribution in [-0.2, 0) is 28.6 Å². The van der Waals surface area contributed by atoms with E-state index >= 15 is 0 Å². The number of hydrogen-bond donors (Lipinski definition) is 2. The number of amides is 1. The van der Waals surface area contributed by atoms with Crippen molar-refractivity contribution in [3.05, 3.63) is 63.9 Å². The normalized spacial score (nSPS) is 12.5. The number of benzene rings is 1. The first-order valence-electron chi connectivity index (χ1n) is 7.44. The number of carbonyl (C=O) groups excluding carboxylic acids is 1. The second-order valence-electron chi connectivity index (χ2n) is 5.49. The molecule has 1 amide bonds. The Hall–Kier alpha value is -2.42. The molecular weight excluding hydrogens is 417 g/mol. The van der Waals surface area contributed by atoms with Crippen LogP contribution in [0.2, 0.25) is 0 Å². The minimum Gasteiger partial charge on any atom is -0.480 e. The number of nitrogens with zero attached hydrogens (tertiary/aromatic N) is 1. The molecule has 0 aliphatic carbocycles. The van der Waals surface area contributed by atoms with Crippen molar-refractivity contribution in [3.8, 4) is 0 Å². The summed E-state index contributed by atoms with van der Waals surface area (Å²) in [6, 6.07) is 6.41. The summed E-state index contributed by atoms with van der Waals surface area (Å²) in [4.78, 5) is 27.4. The molecule has 0 saturated carbocycles. The van der Waals surface area contributed by atoms with Crippen molar-refractivity contribution in [2.75, 3.05) is 0 Å². The minimum absolute atomic E-state index is 0.0158. The van der Waals surface area contributed by atoms with Crippen LogP contribution < -0.4 is 5.32 Å². The van der Waals surface area contributed by atoms with Gasteiger partial charge in [-0.3, -0.25) is 4.79 Å². The average molecular weight is 431 g/mol. The molecule has 0 aliphatic rings. The van der Waals surface area contributed by atoms with Crippen molar-refractivity contribution in [2.45, 2.75) is 25.1 Å². The van der Waals surface area contributed by atoms with Gasteiger partial charge in [-0.2, -0.15) is 13.2 Å². The van der Waals surface area contributed by atoms with Crippen molar-refractivity contribution in [1.82, 2.24) is 10.3 Å². The molecule has 138 valence electrons. The molecule has 1 aromatic carbocycles. The number of hydrogen-bond acceptors (Lipinski definition) is 3. The lowest BCUT2D eigenvalue weighted by atomic mass is 10.1. The van der Waals surface area contributed by atoms with E-state index in [1.165, 1.54) is 18.3 Å². The summed E-state index contributed by atoms with van der Waals surface area (Å²) in [6.07, 6.45) is -3.36. The van der Waals surface area contributed by atoms with Gasteiger partial charge in [0.25, 0.3) is 0 Å². The number of aliphatic carboxylic acids is 1. The molecule has 0 spiro atoms. The predicted molar refractivity (Wildman–Crippen MR) is 90.4 cm³/mol. The van der Waals surface area contributed by atoms with Crippen LogP contribution in [0.5, 0.6) is 0 Å². The van der Waals surface area contributed by atoms with Gasteiger partial charge in [0, 0.05) is 12.6 Å². The molecule has 0 saturated heterocycles. The number of carbonyl (C=O) groups is 2. The number of nitrogens with one attached hydrogen (secondary N) is 1. The third-order valence-electron chi connectivity index (χ3n) is 3.51. The Morgan fingerprint density at radius 1 is 1.23 bits per heavy atom. The molecule has 0 aliphatic heterocycles. The van der Waals surface area contributed by atoms with Crippen LogP contribution in [0.25, 0.3) is 0 Å². The van der Waals surface area contributed by atoms with Gasteiger partial charge >= 0.3 is 12.1 Å². The highest BCUT2D eigenvalue weighted by Gasteiger charge is 2.30. The number of pyridine rings is 1. The zero-order valence-corrected chi connectivity index (χ0v) is 14.8. The first-order chi connectivity index (χ1) is 12.2. The van der Waals surface area contributed by atoms with Crippen LogP contribution in [0.3, 0.4) is 0 Å². The zero-order chi connectivity index (χ0) is 19.3. The Morgan fingerprint density at radius 2 is 1.96 bits per heavy atom. The predicted octanol–water partition coefficient (Wildman–Crippen LogP) is 3.22. The largest absolute Gasteiger partial charge is 0.480 e. The van der Waals surface area contributed by atoms with Crippen molar-refractivity contribution in [2.24, 2.45) is 0 Å². The summed E-state index contributed by atoms with van der Waals surface area (Å²) >= 11 is 3.20. The molecule has 0 fully saturated rings. The van der Waals surface area contributed by atoms with Crippen molar-refractivity contribution >= 4 is 27.8 Å². The minimum atomic E-state index is -4.51. The summed E-state index contributed by atoms with van der Waals surface area (Å²) in [5.41, 5.74) is -0.139. The highest BCUT2D eigenvalue weighted by atomic mass is 79.9.